The van der Waals surface area contributed by atoms with Crippen LogP contribution in [0, 0.1) is 0 Å². The zero-order valence-electron chi connectivity index (χ0n) is 10.2. The van der Waals surface area contributed by atoms with Crippen LogP contribution in [0.2, 0.25) is 0 Å². The third kappa shape index (κ3) is 3.47. The highest BCUT2D eigenvalue weighted by molar-refractivity contribution is 9.10. The van der Waals surface area contributed by atoms with Gasteiger partial charge in [0.05, 0.1) is 0 Å². The van der Waals surface area contributed by atoms with Crippen LogP contribution in [0.5, 0.6) is 0 Å². The highest BCUT2D eigenvalue weighted by atomic mass is 79.9. The Morgan fingerprint density at radius 2 is 1.67 bits per heavy atom. The second-order valence-corrected chi connectivity index (χ2v) is 5.42. The van der Waals surface area contributed by atoms with Crippen molar-refractivity contribution in [2.45, 2.75) is 13.3 Å². The monoisotopic (exact) mass is 320 g/mol. The van der Waals surface area contributed by atoms with Crippen LogP contribution < -0.4 is 0 Å². The molecule has 2 heteroatoms. The molecule has 2 rings (SSSR count). The third-order valence-corrected chi connectivity index (χ3v) is 3.66. The van der Waals surface area contributed by atoms with E-state index < -0.39 is 0 Å². The first-order chi connectivity index (χ1) is 8.69. The quantitative estimate of drug-likeness (QED) is 0.632. The van der Waals surface area contributed by atoms with Crippen molar-refractivity contribution in [2.75, 3.05) is 0 Å². The zero-order chi connectivity index (χ0) is 13.0. The molecule has 0 aromatic heterocycles. The summed E-state index contributed by atoms with van der Waals surface area (Å²) in [6.07, 6.45) is 3.03. The maximum Gasteiger partial charge on any atom is 0.0484 e. The Hall–Kier alpha value is -1.05. The fraction of sp³-hybridized carbons (Fsp3) is 0.125. The molecule has 0 radical (unpaired) electrons. The average Bonchev–Trinajstić information content (AvgIpc) is 2.41. The van der Waals surface area contributed by atoms with E-state index in [0.29, 0.717) is 0 Å². The van der Waals surface area contributed by atoms with Gasteiger partial charge in [-0.15, -0.1) is 0 Å². The fourth-order valence-electron chi connectivity index (χ4n) is 1.69. The summed E-state index contributed by atoms with van der Waals surface area (Å²) in [4.78, 5) is 0. The van der Waals surface area contributed by atoms with Gasteiger partial charge in [0.25, 0.3) is 0 Å². The lowest BCUT2D eigenvalue weighted by molar-refractivity contribution is 1.14. The van der Waals surface area contributed by atoms with E-state index in [1.807, 2.05) is 30.3 Å². The van der Waals surface area contributed by atoms with Crippen molar-refractivity contribution in [1.29, 1.82) is 0 Å². The standard InChI is InChI=1S/C16H14BrCl/c1-2-12-3-7-14(8-4-12)16(18)11-13-5-9-15(17)10-6-13/h3-11H,2H2,1H3. The highest BCUT2D eigenvalue weighted by Gasteiger charge is 1.99. The average molecular weight is 322 g/mol. The predicted molar refractivity (Wildman–Crippen MR) is 83.7 cm³/mol. The van der Waals surface area contributed by atoms with E-state index in [-0.39, 0.29) is 0 Å². The van der Waals surface area contributed by atoms with Crippen molar-refractivity contribution < 1.29 is 0 Å². The summed E-state index contributed by atoms with van der Waals surface area (Å²) >= 11 is 9.74. The highest BCUT2D eigenvalue weighted by Crippen LogP contribution is 2.23. The molecule has 0 nitrogen and oxygen atoms in total. The van der Waals surface area contributed by atoms with Crippen molar-refractivity contribution in [3.05, 3.63) is 69.7 Å². The summed E-state index contributed by atoms with van der Waals surface area (Å²) in [5.74, 6) is 0. The number of hydrogen-bond donors (Lipinski definition) is 0. The summed E-state index contributed by atoms with van der Waals surface area (Å²) in [5.41, 5.74) is 3.48. The molecule has 0 saturated heterocycles. The Bertz CT molecular complexity index is 538. The topological polar surface area (TPSA) is 0 Å². The molecule has 0 fully saturated rings. The van der Waals surface area contributed by atoms with Gasteiger partial charge in [0.15, 0.2) is 0 Å². The van der Waals surface area contributed by atoms with Crippen molar-refractivity contribution in [3.8, 4) is 0 Å². The van der Waals surface area contributed by atoms with Gasteiger partial charge in [0, 0.05) is 9.51 Å². The zero-order valence-corrected chi connectivity index (χ0v) is 12.5. The van der Waals surface area contributed by atoms with Crippen LogP contribution in [0.4, 0.5) is 0 Å². The van der Waals surface area contributed by atoms with E-state index in [9.17, 15) is 0 Å². The molecule has 0 N–H and O–H groups in total. The minimum absolute atomic E-state index is 0.764. The number of hydrogen-bond acceptors (Lipinski definition) is 0. The molecule has 2 aromatic rings. The van der Waals surface area contributed by atoms with E-state index in [1.54, 1.807) is 0 Å². The molecule has 92 valence electrons. The molecule has 0 aliphatic heterocycles. The van der Waals surface area contributed by atoms with Crippen molar-refractivity contribution >= 4 is 38.6 Å². The van der Waals surface area contributed by atoms with Gasteiger partial charge in [-0.25, -0.2) is 0 Å². The van der Waals surface area contributed by atoms with E-state index in [2.05, 4.69) is 47.1 Å². The van der Waals surface area contributed by atoms with Crippen molar-refractivity contribution in [3.63, 3.8) is 0 Å². The summed E-state index contributed by atoms with van der Waals surface area (Å²) in [5, 5.41) is 0.764. The Morgan fingerprint density at radius 1 is 1.06 bits per heavy atom. The van der Waals surface area contributed by atoms with Gasteiger partial charge >= 0.3 is 0 Å². The lowest BCUT2D eigenvalue weighted by Gasteiger charge is -2.02. The van der Waals surface area contributed by atoms with Crippen LogP contribution in [-0.2, 0) is 6.42 Å². The Balaban J connectivity index is 2.23. The minimum atomic E-state index is 0.764. The normalized spacial score (nSPS) is 11.6. The van der Waals surface area contributed by atoms with Crippen molar-refractivity contribution in [1.82, 2.24) is 0 Å². The summed E-state index contributed by atoms with van der Waals surface area (Å²) in [6.45, 7) is 2.15. The first kappa shape index (κ1) is 13.4. The number of aryl methyl sites for hydroxylation is 1. The molecule has 2 aromatic carbocycles. The minimum Gasteiger partial charge on any atom is -0.0837 e. The van der Waals surface area contributed by atoms with E-state index in [0.717, 1.165) is 27.1 Å². The number of rotatable bonds is 3. The number of benzene rings is 2. The van der Waals surface area contributed by atoms with Crippen LogP contribution in [0.25, 0.3) is 11.1 Å². The molecule has 0 bridgehead atoms. The lowest BCUT2D eigenvalue weighted by Crippen LogP contribution is -1.82. The molecule has 0 unspecified atom stereocenters. The molecular weight excluding hydrogens is 308 g/mol. The smallest absolute Gasteiger partial charge is 0.0484 e. The SMILES string of the molecule is CCc1ccc(C(Cl)=Cc2ccc(Br)cc2)cc1. The molecule has 0 spiro atoms. The molecule has 0 atom stereocenters. The van der Waals surface area contributed by atoms with Gasteiger partial charge in [-0.2, -0.15) is 0 Å². The first-order valence-corrected chi connectivity index (χ1v) is 7.08. The Labute approximate surface area is 121 Å². The first-order valence-electron chi connectivity index (χ1n) is 5.91. The Morgan fingerprint density at radius 3 is 2.22 bits per heavy atom. The summed E-state index contributed by atoms with van der Waals surface area (Å²) < 4.78 is 1.07. The van der Waals surface area contributed by atoms with Gasteiger partial charge in [0.1, 0.15) is 0 Å². The van der Waals surface area contributed by atoms with E-state index in [1.165, 1.54) is 5.56 Å². The number of halogens is 2. The molecule has 0 aliphatic rings. The molecule has 0 amide bonds. The second kappa shape index (κ2) is 6.21. The lowest BCUT2D eigenvalue weighted by atomic mass is 10.1. The third-order valence-electron chi connectivity index (χ3n) is 2.80. The van der Waals surface area contributed by atoms with Gasteiger partial charge in [-0.3, -0.25) is 0 Å². The summed E-state index contributed by atoms with van der Waals surface area (Å²) in [6, 6.07) is 16.5. The van der Waals surface area contributed by atoms with Gasteiger partial charge in [-0.05, 0) is 41.3 Å². The van der Waals surface area contributed by atoms with Crippen LogP contribution in [0.3, 0.4) is 0 Å². The van der Waals surface area contributed by atoms with Gasteiger partial charge in [-0.1, -0.05) is 70.9 Å². The van der Waals surface area contributed by atoms with Crippen LogP contribution in [0.1, 0.15) is 23.6 Å². The predicted octanol–water partition coefficient (Wildman–Crippen LogP) is 5.75. The van der Waals surface area contributed by atoms with Crippen molar-refractivity contribution in [2.24, 2.45) is 0 Å². The molecule has 18 heavy (non-hydrogen) atoms. The molecular formula is C16H14BrCl. The Kier molecular flexibility index (Phi) is 4.62. The van der Waals surface area contributed by atoms with Crippen LogP contribution >= 0.6 is 27.5 Å². The molecule has 0 aliphatic carbocycles. The van der Waals surface area contributed by atoms with E-state index >= 15 is 0 Å². The summed E-state index contributed by atoms with van der Waals surface area (Å²) in [7, 11) is 0. The molecule has 0 heterocycles. The van der Waals surface area contributed by atoms with Gasteiger partial charge < -0.3 is 0 Å². The maximum atomic E-state index is 6.33. The van der Waals surface area contributed by atoms with Crippen LogP contribution in [0.15, 0.2) is 53.0 Å². The van der Waals surface area contributed by atoms with Gasteiger partial charge in [0.2, 0.25) is 0 Å². The molecule has 0 saturated carbocycles. The second-order valence-electron chi connectivity index (χ2n) is 4.09. The van der Waals surface area contributed by atoms with Crippen LogP contribution in [-0.4, -0.2) is 0 Å². The fourth-order valence-corrected chi connectivity index (χ4v) is 2.20. The van der Waals surface area contributed by atoms with E-state index in [4.69, 9.17) is 11.6 Å². The largest absolute Gasteiger partial charge is 0.0837 e. The maximum absolute atomic E-state index is 6.33.